The molecule has 2 fully saturated rings. The van der Waals surface area contributed by atoms with Crippen LogP contribution in [0.15, 0.2) is 24.5 Å². The molecule has 140 valence electrons. The molecule has 26 heavy (non-hydrogen) atoms. The predicted molar refractivity (Wildman–Crippen MR) is 105 cm³/mol. The monoisotopic (exact) mass is 354 g/mol. The lowest BCUT2D eigenvalue weighted by atomic mass is 9.78. The Morgan fingerprint density at radius 1 is 1.27 bits per heavy atom. The summed E-state index contributed by atoms with van der Waals surface area (Å²) in [7, 11) is 4.08. The van der Waals surface area contributed by atoms with Gasteiger partial charge < -0.3 is 14.2 Å². The van der Waals surface area contributed by atoms with E-state index in [1.54, 1.807) is 0 Å². The molecule has 2 aromatic heterocycles. The van der Waals surface area contributed by atoms with Crippen LogP contribution >= 0.6 is 0 Å². The van der Waals surface area contributed by atoms with Crippen LogP contribution < -0.4 is 4.90 Å². The second-order valence-electron chi connectivity index (χ2n) is 8.55. The van der Waals surface area contributed by atoms with Crippen LogP contribution in [0, 0.1) is 5.92 Å². The molecule has 3 heterocycles. The first kappa shape index (κ1) is 17.4. The molecular weight excluding hydrogens is 324 g/mol. The van der Waals surface area contributed by atoms with Crippen LogP contribution in [0.25, 0.3) is 5.52 Å². The van der Waals surface area contributed by atoms with Gasteiger partial charge in [0.2, 0.25) is 5.91 Å². The Labute approximate surface area is 156 Å². The number of amides is 1. The fraction of sp³-hybridized carbons (Fsp3) is 0.619. The molecule has 1 saturated heterocycles. The van der Waals surface area contributed by atoms with Crippen molar-refractivity contribution in [3.8, 4) is 0 Å². The Morgan fingerprint density at radius 2 is 2.04 bits per heavy atom. The van der Waals surface area contributed by atoms with Gasteiger partial charge in [0, 0.05) is 50.9 Å². The lowest BCUT2D eigenvalue weighted by Gasteiger charge is -2.41. The maximum absolute atomic E-state index is 13.0. The number of fused-ring (bicyclic) bond motifs is 1. The second-order valence-corrected chi connectivity index (χ2v) is 8.55. The number of nitrogens with zero attached hydrogens (tertiary/aromatic N) is 4. The first-order chi connectivity index (χ1) is 12.5. The summed E-state index contributed by atoms with van der Waals surface area (Å²) in [6, 6.07) is 4.16. The maximum atomic E-state index is 13.0. The summed E-state index contributed by atoms with van der Waals surface area (Å²) >= 11 is 0. The second kappa shape index (κ2) is 6.60. The van der Waals surface area contributed by atoms with Crippen LogP contribution in [0.3, 0.4) is 0 Å². The van der Waals surface area contributed by atoms with Gasteiger partial charge >= 0.3 is 0 Å². The Balaban J connectivity index is 1.65. The van der Waals surface area contributed by atoms with E-state index in [0.717, 1.165) is 55.8 Å². The smallest absolute Gasteiger partial charge is 0.225 e. The van der Waals surface area contributed by atoms with Crippen molar-refractivity contribution in [2.24, 2.45) is 5.92 Å². The van der Waals surface area contributed by atoms with Crippen LogP contribution in [-0.2, 0) is 10.2 Å². The molecule has 0 aromatic carbocycles. The van der Waals surface area contributed by atoms with Crippen LogP contribution in [0.5, 0.6) is 0 Å². The van der Waals surface area contributed by atoms with Gasteiger partial charge in [-0.1, -0.05) is 19.8 Å². The minimum atomic E-state index is -0.0876. The van der Waals surface area contributed by atoms with Gasteiger partial charge in [-0.3, -0.25) is 4.79 Å². The van der Waals surface area contributed by atoms with Crippen molar-refractivity contribution in [1.82, 2.24) is 14.3 Å². The summed E-state index contributed by atoms with van der Waals surface area (Å²) in [6.45, 7) is 3.96. The maximum Gasteiger partial charge on any atom is 0.225 e. The molecular formula is C21H30N4O. The summed E-state index contributed by atoms with van der Waals surface area (Å²) in [4.78, 5) is 22.2. The largest absolute Gasteiger partial charge is 0.361 e. The lowest BCUT2D eigenvalue weighted by molar-refractivity contribution is -0.137. The Hall–Kier alpha value is -2.04. The topological polar surface area (TPSA) is 40.9 Å². The van der Waals surface area contributed by atoms with E-state index in [1.165, 1.54) is 12.8 Å². The van der Waals surface area contributed by atoms with Gasteiger partial charge in [0.1, 0.15) is 0 Å². The zero-order valence-corrected chi connectivity index (χ0v) is 16.2. The number of carbonyl (C=O) groups excluding carboxylic acids is 1. The highest BCUT2D eigenvalue weighted by atomic mass is 16.2. The Morgan fingerprint density at radius 3 is 2.77 bits per heavy atom. The molecule has 0 spiro atoms. The Bertz CT molecular complexity index is 805. The van der Waals surface area contributed by atoms with Gasteiger partial charge in [0.25, 0.3) is 0 Å². The van der Waals surface area contributed by atoms with Crippen molar-refractivity contribution in [3.63, 3.8) is 0 Å². The van der Waals surface area contributed by atoms with Gasteiger partial charge in [0.05, 0.1) is 11.2 Å². The molecule has 4 rings (SSSR count). The minimum absolute atomic E-state index is 0.0876. The average Bonchev–Trinajstić information content (AvgIpc) is 3.31. The van der Waals surface area contributed by atoms with E-state index < -0.39 is 0 Å². The molecule has 0 N–H and O–H groups in total. The molecule has 1 aliphatic carbocycles. The summed E-state index contributed by atoms with van der Waals surface area (Å²) in [5.41, 5.74) is 2.13. The van der Waals surface area contributed by atoms with Crippen molar-refractivity contribution in [2.75, 3.05) is 32.1 Å². The normalized spacial score (nSPS) is 24.3. The fourth-order valence-corrected chi connectivity index (χ4v) is 4.72. The predicted octanol–water partition coefficient (Wildman–Crippen LogP) is 3.47. The highest BCUT2D eigenvalue weighted by molar-refractivity contribution is 5.79. The number of hydrogen-bond acceptors (Lipinski definition) is 3. The molecule has 1 amide bonds. The highest BCUT2D eigenvalue weighted by Crippen LogP contribution is 2.36. The molecule has 1 aliphatic heterocycles. The van der Waals surface area contributed by atoms with E-state index in [1.807, 2.05) is 14.1 Å². The number of likely N-dealkylation sites (tertiary alicyclic amines) is 1. The fourth-order valence-electron chi connectivity index (χ4n) is 4.72. The first-order valence-electron chi connectivity index (χ1n) is 9.92. The van der Waals surface area contributed by atoms with Crippen LogP contribution in [0.4, 0.5) is 5.82 Å². The lowest BCUT2D eigenvalue weighted by Crippen LogP contribution is -2.49. The third kappa shape index (κ3) is 2.97. The van der Waals surface area contributed by atoms with Crippen molar-refractivity contribution in [3.05, 3.63) is 30.2 Å². The molecule has 1 unspecified atom stereocenters. The number of aromatic nitrogens is 2. The molecule has 5 nitrogen and oxygen atoms in total. The molecule has 0 radical (unpaired) electrons. The number of hydrogen-bond donors (Lipinski definition) is 0. The van der Waals surface area contributed by atoms with Crippen LogP contribution in [-0.4, -0.2) is 47.4 Å². The van der Waals surface area contributed by atoms with Crippen molar-refractivity contribution in [1.29, 1.82) is 0 Å². The van der Waals surface area contributed by atoms with E-state index in [2.05, 4.69) is 45.7 Å². The average molecular weight is 354 g/mol. The van der Waals surface area contributed by atoms with Gasteiger partial charge in [-0.05, 0) is 37.8 Å². The molecule has 1 atom stereocenters. The third-order valence-corrected chi connectivity index (χ3v) is 6.25. The molecule has 1 saturated carbocycles. The van der Waals surface area contributed by atoms with Gasteiger partial charge in [0.15, 0.2) is 5.82 Å². The van der Waals surface area contributed by atoms with Crippen molar-refractivity contribution < 1.29 is 4.79 Å². The van der Waals surface area contributed by atoms with E-state index in [9.17, 15) is 4.79 Å². The number of carbonyl (C=O) groups is 1. The zero-order valence-electron chi connectivity index (χ0n) is 16.2. The first-order valence-corrected chi connectivity index (χ1v) is 9.92. The van der Waals surface area contributed by atoms with E-state index in [0.29, 0.717) is 5.91 Å². The number of anilines is 1. The minimum Gasteiger partial charge on any atom is -0.361 e. The van der Waals surface area contributed by atoms with E-state index in [-0.39, 0.29) is 11.3 Å². The zero-order chi connectivity index (χ0) is 18.3. The summed E-state index contributed by atoms with van der Waals surface area (Å²) in [5.74, 6) is 1.63. The molecule has 2 aromatic rings. The van der Waals surface area contributed by atoms with Crippen molar-refractivity contribution >= 4 is 17.2 Å². The van der Waals surface area contributed by atoms with Gasteiger partial charge in [-0.25, -0.2) is 4.98 Å². The number of piperidine rings is 1. The standard InChI is InChI=1S/C21H30N4O/c1-21(11-7-13-25(15-21)20(26)16-8-4-5-9-16)18-14-24-12-6-10-17(24)19(22-18)23(2)3/h6,10,12,14,16H,4-5,7-9,11,13,15H2,1-3H3. The van der Waals surface area contributed by atoms with Gasteiger partial charge in [-0.15, -0.1) is 0 Å². The van der Waals surface area contributed by atoms with E-state index in [4.69, 9.17) is 4.98 Å². The van der Waals surface area contributed by atoms with E-state index >= 15 is 0 Å². The highest BCUT2D eigenvalue weighted by Gasteiger charge is 2.38. The Kier molecular flexibility index (Phi) is 4.41. The third-order valence-electron chi connectivity index (χ3n) is 6.25. The molecule has 0 bridgehead atoms. The summed E-state index contributed by atoms with van der Waals surface area (Å²) in [5, 5.41) is 0. The molecule has 5 heteroatoms. The SMILES string of the molecule is CN(C)c1nc(C2(C)CCCN(C(=O)C3CCCC3)C2)cn2cccc12. The number of rotatable bonds is 3. The quantitative estimate of drug-likeness (QED) is 0.847. The van der Waals surface area contributed by atoms with Crippen LogP contribution in [0.1, 0.15) is 51.1 Å². The van der Waals surface area contributed by atoms with Crippen molar-refractivity contribution in [2.45, 2.75) is 50.9 Å². The van der Waals surface area contributed by atoms with Crippen LogP contribution in [0.2, 0.25) is 0 Å². The van der Waals surface area contributed by atoms with Gasteiger partial charge in [-0.2, -0.15) is 0 Å². The molecule has 2 aliphatic rings. The summed E-state index contributed by atoms with van der Waals surface area (Å²) < 4.78 is 2.17. The summed E-state index contributed by atoms with van der Waals surface area (Å²) in [6.07, 6.45) is 10.9.